The van der Waals surface area contributed by atoms with Crippen molar-refractivity contribution in [3.05, 3.63) is 93.9 Å². The molecule has 3 N–H and O–H groups in total. The Hall–Kier alpha value is -4.39. The molecule has 1 unspecified atom stereocenters. The fraction of sp³-hybridized carbons (Fsp3) is 0.148. The van der Waals surface area contributed by atoms with Gasteiger partial charge in [-0.15, -0.1) is 0 Å². The number of carbonyl (C=O) groups is 3. The number of ether oxygens (including phenoxy) is 2. The molecule has 34 heavy (non-hydrogen) atoms. The zero-order chi connectivity index (χ0) is 23.8. The van der Waals surface area contributed by atoms with Crippen molar-refractivity contribution in [1.82, 2.24) is 0 Å². The van der Waals surface area contributed by atoms with Gasteiger partial charge in [0.05, 0.1) is 12.2 Å². The number of esters is 1. The van der Waals surface area contributed by atoms with Crippen molar-refractivity contribution in [1.29, 1.82) is 0 Å². The van der Waals surface area contributed by atoms with Crippen molar-refractivity contribution < 1.29 is 23.9 Å². The number of anilines is 1. The molecule has 1 aliphatic carbocycles. The van der Waals surface area contributed by atoms with E-state index in [9.17, 15) is 14.4 Å². The molecule has 0 radical (unpaired) electrons. The summed E-state index contributed by atoms with van der Waals surface area (Å²) in [6.07, 6.45) is 0. The predicted octanol–water partition coefficient (Wildman–Crippen LogP) is 3.71. The van der Waals surface area contributed by atoms with Crippen LogP contribution in [0.4, 0.5) is 5.69 Å². The first-order chi connectivity index (χ1) is 16.4. The van der Waals surface area contributed by atoms with E-state index in [-0.39, 0.29) is 29.4 Å². The third-order valence-electron chi connectivity index (χ3n) is 6.70. The average molecular weight is 452 g/mol. The number of amides is 1. The van der Waals surface area contributed by atoms with Crippen LogP contribution in [0.5, 0.6) is 0 Å². The zero-order valence-electron chi connectivity index (χ0n) is 18.5. The van der Waals surface area contributed by atoms with Gasteiger partial charge < -0.3 is 20.5 Å². The van der Waals surface area contributed by atoms with Gasteiger partial charge in [0.25, 0.3) is 0 Å². The smallest absolute Gasteiger partial charge is 0.341 e. The van der Waals surface area contributed by atoms with Gasteiger partial charge in [-0.1, -0.05) is 54.1 Å². The molecular formula is C27H20N2O5. The monoisotopic (exact) mass is 452 g/mol. The van der Waals surface area contributed by atoms with E-state index in [0.29, 0.717) is 22.4 Å². The largest absolute Gasteiger partial charge is 0.462 e. The number of nitrogens with two attached hydrogens (primary N) is 1. The van der Waals surface area contributed by atoms with E-state index in [1.54, 1.807) is 31.2 Å². The highest BCUT2D eigenvalue weighted by atomic mass is 16.5. The standard InChI is InChI=1S/C27H20N2O5/c1-3-33-25(31)21-24(28)34-23-16-9-5-7-14-6-4-8-15(19(14)16)22(30)20(23)27(21)17-12-13(2)10-11-18(17)29-26(27)32/h4-12H,3,28H2,1-2H3,(H,29,32). The normalized spacial score (nSPS) is 20.3. The number of aryl methyl sites for hydroxylation is 1. The third kappa shape index (κ3) is 2.33. The van der Waals surface area contributed by atoms with Crippen LogP contribution in [0.2, 0.25) is 0 Å². The quantitative estimate of drug-likeness (QED) is 0.574. The lowest BCUT2D eigenvalue weighted by Gasteiger charge is -2.38. The number of carbonyl (C=O) groups excluding carboxylic acids is 3. The van der Waals surface area contributed by atoms with Gasteiger partial charge >= 0.3 is 5.97 Å². The Labute approximate surface area is 194 Å². The molecule has 3 aromatic rings. The molecule has 2 aliphatic heterocycles. The van der Waals surface area contributed by atoms with Crippen LogP contribution in [-0.2, 0) is 24.5 Å². The average Bonchev–Trinajstić information content (AvgIpc) is 3.08. The second-order valence-electron chi connectivity index (χ2n) is 8.56. The molecule has 0 saturated heterocycles. The summed E-state index contributed by atoms with van der Waals surface area (Å²) in [5, 5.41) is 4.44. The molecule has 0 bridgehead atoms. The van der Waals surface area contributed by atoms with Crippen LogP contribution in [0, 0.1) is 6.92 Å². The van der Waals surface area contributed by atoms with Gasteiger partial charge in [-0.05, 0) is 25.3 Å². The van der Waals surface area contributed by atoms with Crippen LogP contribution < -0.4 is 11.1 Å². The van der Waals surface area contributed by atoms with Crippen molar-refractivity contribution in [3.63, 3.8) is 0 Å². The van der Waals surface area contributed by atoms with Crippen LogP contribution in [0.25, 0.3) is 16.5 Å². The van der Waals surface area contributed by atoms with Crippen LogP contribution in [0.3, 0.4) is 0 Å². The summed E-state index contributed by atoms with van der Waals surface area (Å²) in [7, 11) is 0. The zero-order valence-corrected chi connectivity index (χ0v) is 18.5. The maximum absolute atomic E-state index is 14.1. The fourth-order valence-electron chi connectivity index (χ4n) is 5.38. The number of benzene rings is 3. The van der Waals surface area contributed by atoms with Crippen molar-refractivity contribution in [2.45, 2.75) is 19.3 Å². The lowest BCUT2D eigenvalue weighted by molar-refractivity contribution is -0.140. The Bertz CT molecular complexity index is 1540. The summed E-state index contributed by atoms with van der Waals surface area (Å²) in [5.41, 5.74) is 7.34. The van der Waals surface area contributed by atoms with Crippen molar-refractivity contribution in [3.8, 4) is 0 Å². The van der Waals surface area contributed by atoms with Crippen LogP contribution in [0.1, 0.15) is 34.0 Å². The Kier molecular flexibility index (Phi) is 4.05. The lowest BCUT2D eigenvalue weighted by atomic mass is 9.63. The fourth-order valence-corrected chi connectivity index (χ4v) is 5.38. The third-order valence-corrected chi connectivity index (χ3v) is 6.70. The molecule has 0 saturated carbocycles. The molecular weight excluding hydrogens is 432 g/mol. The second kappa shape index (κ2) is 6.81. The molecule has 7 heteroatoms. The Morgan fingerprint density at radius 2 is 1.82 bits per heavy atom. The number of hydrogen-bond donors (Lipinski definition) is 2. The Morgan fingerprint density at radius 3 is 2.56 bits per heavy atom. The van der Waals surface area contributed by atoms with Gasteiger partial charge in [-0.25, -0.2) is 4.79 Å². The first-order valence-corrected chi connectivity index (χ1v) is 11.0. The molecule has 168 valence electrons. The molecule has 2 heterocycles. The number of nitrogens with one attached hydrogen (secondary N) is 1. The number of hydrogen-bond acceptors (Lipinski definition) is 6. The van der Waals surface area contributed by atoms with Gasteiger partial charge in [0, 0.05) is 27.8 Å². The summed E-state index contributed by atoms with van der Waals surface area (Å²) in [6.45, 7) is 3.60. The van der Waals surface area contributed by atoms with E-state index in [2.05, 4.69) is 5.32 Å². The Balaban J connectivity index is 1.77. The van der Waals surface area contributed by atoms with Gasteiger partial charge in [-0.3, -0.25) is 9.59 Å². The minimum absolute atomic E-state index is 0.0655. The van der Waals surface area contributed by atoms with Gasteiger partial charge in [-0.2, -0.15) is 0 Å². The summed E-state index contributed by atoms with van der Waals surface area (Å²) < 4.78 is 11.3. The second-order valence-corrected chi connectivity index (χ2v) is 8.56. The van der Waals surface area contributed by atoms with Crippen LogP contribution in [0.15, 0.2) is 71.6 Å². The molecule has 1 amide bonds. The molecule has 6 rings (SSSR count). The number of fused-ring (bicyclic) bond motifs is 4. The van der Waals surface area contributed by atoms with E-state index in [4.69, 9.17) is 15.2 Å². The highest BCUT2D eigenvalue weighted by molar-refractivity contribution is 6.32. The van der Waals surface area contributed by atoms with E-state index in [0.717, 1.165) is 16.3 Å². The maximum Gasteiger partial charge on any atom is 0.341 e. The number of Topliss-reactive ketones (excluding diaryl/α,β-unsaturated/α-hetero) is 1. The summed E-state index contributed by atoms with van der Waals surface area (Å²) in [6, 6.07) is 16.4. The molecule has 0 aromatic heterocycles. The topological polar surface area (TPSA) is 108 Å². The molecule has 7 nitrogen and oxygen atoms in total. The number of rotatable bonds is 2. The van der Waals surface area contributed by atoms with Gasteiger partial charge in [0.1, 0.15) is 16.7 Å². The summed E-state index contributed by atoms with van der Waals surface area (Å²) >= 11 is 0. The molecule has 1 spiro atoms. The minimum atomic E-state index is -1.81. The predicted molar refractivity (Wildman–Crippen MR) is 126 cm³/mol. The van der Waals surface area contributed by atoms with E-state index >= 15 is 0 Å². The molecule has 0 fully saturated rings. The first kappa shape index (κ1) is 20.2. The van der Waals surface area contributed by atoms with Gasteiger partial charge in [0.15, 0.2) is 5.78 Å². The Morgan fingerprint density at radius 1 is 1.09 bits per heavy atom. The van der Waals surface area contributed by atoms with Crippen molar-refractivity contribution in [2.24, 2.45) is 5.73 Å². The minimum Gasteiger partial charge on any atom is -0.462 e. The lowest BCUT2D eigenvalue weighted by Crippen LogP contribution is -2.48. The van der Waals surface area contributed by atoms with Gasteiger partial charge in [0.2, 0.25) is 11.8 Å². The highest BCUT2D eigenvalue weighted by Crippen LogP contribution is 2.56. The van der Waals surface area contributed by atoms with Crippen molar-refractivity contribution in [2.75, 3.05) is 11.9 Å². The maximum atomic E-state index is 14.1. The highest BCUT2D eigenvalue weighted by Gasteiger charge is 2.62. The summed E-state index contributed by atoms with van der Waals surface area (Å²) in [4.78, 5) is 41.3. The van der Waals surface area contributed by atoms with Crippen LogP contribution in [-0.4, -0.2) is 24.3 Å². The van der Waals surface area contributed by atoms with Crippen LogP contribution >= 0.6 is 0 Å². The molecule has 1 atom stereocenters. The molecule has 3 aliphatic rings. The molecule has 3 aromatic carbocycles. The van der Waals surface area contributed by atoms with E-state index < -0.39 is 23.1 Å². The van der Waals surface area contributed by atoms with E-state index in [1.165, 1.54) is 0 Å². The van der Waals surface area contributed by atoms with E-state index in [1.807, 2.05) is 37.3 Å². The SMILES string of the molecule is CCOC(=O)C1=C(N)OC2=C(C(=O)c3cccc4cccc2c34)C12C(=O)Nc1ccc(C)cc12. The summed E-state index contributed by atoms with van der Waals surface area (Å²) in [5.74, 6) is -1.82. The number of ketones is 1. The first-order valence-electron chi connectivity index (χ1n) is 11.0. The van der Waals surface area contributed by atoms with Crippen molar-refractivity contribution >= 4 is 39.9 Å².